The molecule has 2 saturated heterocycles. The second-order valence-electron chi connectivity index (χ2n) is 8.75. The lowest BCUT2D eigenvalue weighted by Crippen LogP contribution is -2.31. The number of hydrogen-bond acceptors (Lipinski definition) is 5. The van der Waals surface area contributed by atoms with Gasteiger partial charge in [-0.05, 0) is 68.9 Å². The molecule has 4 aromatic rings. The van der Waals surface area contributed by atoms with Crippen molar-refractivity contribution in [2.24, 2.45) is 0 Å². The summed E-state index contributed by atoms with van der Waals surface area (Å²) >= 11 is 0. The number of nitrogens with zero attached hydrogens (tertiary/aromatic N) is 6. The van der Waals surface area contributed by atoms with Crippen molar-refractivity contribution >= 4 is 39.1 Å². The Balaban J connectivity index is 1.70. The van der Waals surface area contributed by atoms with E-state index in [0.29, 0.717) is 11.2 Å². The first-order valence-corrected chi connectivity index (χ1v) is 11.5. The zero-order valence-electron chi connectivity index (χ0n) is 17.7. The highest BCUT2D eigenvalue weighted by atomic mass is 15.2. The number of imidazole rings is 1. The highest BCUT2D eigenvalue weighted by Gasteiger charge is 2.24. The Morgan fingerprint density at radius 1 is 0.839 bits per heavy atom. The van der Waals surface area contributed by atoms with Crippen LogP contribution < -0.4 is 9.80 Å². The van der Waals surface area contributed by atoms with Gasteiger partial charge in [-0.1, -0.05) is 0 Å². The van der Waals surface area contributed by atoms with Crippen LogP contribution in [0.1, 0.15) is 44.1 Å². The molecule has 0 saturated carbocycles. The Labute approximate surface area is 181 Å². The predicted octanol–water partition coefficient (Wildman–Crippen LogP) is 4.89. The maximum absolute atomic E-state index is 10.2. The van der Waals surface area contributed by atoms with Crippen molar-refractivity contribution in [1.82, 2.24) is 14.4 Å². The first-order valence-electron chi connectivity index (χ1n) is 11.5. The maximum Gasteiger partial charge on any atom is 0.178 e. The molecule has 6 nitrogen and oxygen atoms in total. The fourth-order valence-corrected chi connectivity index (χ4v) is 5.37. The highest BCUT2D eigenvalue weighted by molar-refractivity contribution is 6.03. The third-order valence-electron chi connectivity index (χ3n) is 6.87. The highest BCUT2D eigenvalue weighted by Crippen LogP contribution is 2.38. The van der Waals surface area contributed by atoms with Crippen LogP contribution >= 0.6 is 0 Å². The lowest BCUT2D eigenvalue weighted by molar-refractivity contribution is 0.577. The predicted molar refractivity (Wildman–Crippen MR) is 125 cm³/mol. The summed E-state index contributed by atoms with van der Waals surface area (Å²) in [5.41, 5.74) is 6.46. The Bertz CT molecular complexity index is 1320. The number of piperidine rings is 2. The molecule has 0 unspecified atom stereocenters. The van der Waals surface area contributed by atoms with E-state index < -0.39 is 0 Å². The molecule has 31 heavy (non-hydrogen) atoms. The molecular formula is C25H26N6. The van der Waals surface area contributed by atoms with Crippen molar-refractivity contribution in [3.63, 3.8) is 0 Å². The SMILES string of the molecule is N#Cc1c(N2CCCCC2)c2ccc(N3CCCCC3)cc2n2c1nc1ncccc12. The van der Waals surface area contributed by atoms with Crippen LogP contribution in [-0.2, 0) is 0 Å². The van der Waals surface area contributed by atoms with E-state index in [1.165, 1.54) is 44.2 Å². The molecule has 1 aromatic carbocycles. The van der Waals surface area contributed by atoms with Gasteiger partial charge in [-0.2, -0.15) is 5.26 Å². The minimum absolute atomic E-state index is 0.665. The molecular weight excluding hydrogens is 384 g/mol. The summed E-state index contributed by atoms with van der Waals surface area (Å²) in [5.74, 6) is 0. The molecule has 0 amide bonds. The van der Waals surface area contributed by atoms with Gasteiger partial charge in [0.25, 0.3) is 0 Å². The summed E-state index contributed by atoms with van der Waals surface area (Å²) in [7, 11) is 0. The first kappa shape index (κ1) is 18.4. The summed E-state index contributed by atoms with van der Waals surface area (Å²) in [5, 5.41) is 11.4. The van der Waals surface area contributed by atoms with Gasteiger partial charge >= 0.3 is 0 Å². The molecule has 6 heteroatoms. The van der Waals surface area contributed by atoms with Gasteiger partial charge in [0.15, 0.2) is 11.3 Å². The minimum Gasteiger partial charge on any atom is -0.371 e. The number of nitriles is 1. The van der Waals surface area contributed by atoms with Crippen molar-refractivity contribution in [1.29, 1.82) is 5.26 Å². The quantitative estimate of drug-likeness (QED) is 0.471. The summed E-state index contributed by atoms with van der Waals surface area (Å²) in [6.45, 7) is 4.20. The van der Waals surface area contributed by atoms with Crippen LogP contribution in [0.4, 0.5) is 11.4 Å². The van der Waals surface area contributed by atoms with Gasteiger partial charge < -0.3 is 9.80 Å². The molecule has 2 fully saturated rings. The Morgan fingerprint density at radius 2 is 1.58 bits per heavy atom. The zero-order valence-corrected chi connectivity index (χ0v) is 17.7. The maximum atomic E-state index is 10.2. The van der Waals surface area contributed by atoms with E-state index in [-0.39, 0.29) is 0 Å². The summed E-state index contributed by atoms with van der Waals surface area (Å²) in [4.78, 5) is 14.2. The van der Waals surface area contributed by atoms with Gasteiger partial charge in [0, 0.05) is 43.4 Å². The van der Waals surface area contributed by atoms with Gasteiger partial charge in [0.2, 0.25) is 0 Å². The van der Waals surface area contributed by atoms with Crippen molar-refractivity contribution in [3.8, 4) is 6.07 Å². The lowest BCUT2D eigenvalue weighted by atomic mass is 10.0. The molecule has 0 aliphatic carbocycles. The fourth-order valence-electron chi connectivity index (χ4n) is 5.37. The van der Waals surface area contributed by atoms with Crippen LogP contribution in [0.3, 0.4) is 0 Å². The first-order chi connectivity index (χ1) is 15.3. The van der Waals surface area contributed by atoms with Crippen LogP contribution in [-0.4, -0.2) is 40.5 Å². The largest absolute Gasteiger partial charge is 0.371 e. The monoisotopic (exact) mass is 410 g/mol. The topological polar surface area (TPSA) is 60.5 Å². The molecule has 0 N–H and O–H groups in total. The molecule has 2 aliphatic rings. The number of rotatable bonds is 2. The summed E-state index contributed by atoms with van der Waals surface area (Å²) < 4.78 is 2.15. The summed E-state index contributed by atoms with van der Waals surface area (Å²) in [6.07, 6.45) is 9.18. The summed E-state index contributed by atoms with van der Waals surface area (Å²) in [6, 6.07) is 13.3. The molecule has 2 aliphatic heterocycles. The van der Waals surface area contributed by atoms with E-state index in [1.54, 1.807) is 6.20 Å². The van der Waals surface area contributed by atoms with Crippen molar-refractivity contribution < 1.29 is 0 Å². The van der Waals surface area contributed by atoms with E-state index in [4.69, 9.17) is 4.98 Å². The number of anilines is 2. The second kappa shape index (κ2) is 7.42. The van der Waals surface area contributed by atoms with E-state index >= 15 is 0 Å². The van der Waals surface area contributed by atoms with E-state index in [2.05, 4.69) is 49.5 Å². The molecule has 0 spiro atoms. The van der Waals surface area contributed by atoms with Crippen molar-refractivity contribution in [3.05, 3.63) is 42.1 Å². The van der Waals surface area contributed by atoms with Gasteiger partial charge in [0.05, 0.1) is 16.7 Å². The average Bonchev–Trinajstić information content (AvgIpc) is 3.23. The van der Waals surface area contributed by atoms with Gasteiger partial charge in [0.1, 0.15) is 11.6 Å². The molecule has 156 valence electrons. The molecule has 6 rings (SSSR count). The molecule has 0 radical (unpaired) electrons. The normalized spacial score (nSPS) is 17.5. The number of fused-ring (bicyclic) bond motifs is 5. The van der Waals surface area contributed by atoms with Gasteiger partial charge in [-0.15, -0.1) is 0 Å². The lowest BCUT2D eigenvalue weighted by Gasteiger charge is -2.32. The van der Waals surface area contributed by atoms with Crippen LogP contribution in [0.15, 0.2) is 36.5 Å². The molecule has 0 bridgehead atoms. The zero-order chi connectivity index (χ0) is 20.8. The van der Waals surface area contributed by atoms with Crippen molar-refractivity contribution in [2.75, 3.05) is 36.0 Å². The Hall–Kier alpha value is -3.33. The number of benzene rings is 1. The van der Waals surface area contributed by atoms with Crippen LogP contribution in [0.25, 0.3) is 27.7 Å². The smallest absolute Gasteiger partial charge is 0.178 e. The molecule has 5 heterocycles. The standard InChI is InChI=1S/C25H26N6/c26-17-20-23(30-14-5-2-6-15-30)19-10-9-18(29-12-3-1-4-13-29)16-22(19)31-21-8-7-11-27-24(21)28-25(20)31/h7-11,16H,1-6,12-15H2. The Kier molecular flexibility index (Phi) is 4.41. The van der Waals surface area contributed by atoms with Crippen molar-refractivity contribution in [2.45, 2.75) is 38.5 Å². The van der Waals surface area contributed by atoms with Crippen LogP contribution in [0.5, 0.6) is 0 Å². The minimum atomic E-state index is 0.665. The van der Waals surface area contributed by atoms with E-state index in [9.17, 15) is 5.26 Å². The van der Waals surface area contributed by atoms with Gasteiger partial charge in [-0.25, -0.2) is 9.97 Å². The van der Waals surface area contributed by atoms with Gasteiger partial charge in [-0.3, -0.25) is 4.40 Å². The number of pyridine rings is 2. The third-order valence-corrected chi connectivity index (χ3v) is 6.87. The van der Waals surface area contributed by atoms with Crippen LogP contribution in [0.2, 0.25) is 0 Å². The molecule has 3 aromatic heterocycles. The fraction of sp³-hybridized carbons (Fsp3) is 0.400. The number of aromatic nitrogens is 3. The third kappa shape index (κ3) is 2.91. The van der Waals surface area contributed by atoms with Crippen LogP contribution in [0, 0.1) is 11.3 Å². The van der Waals surface area contributed by atoms with E-state index in [0.717, 1.165) is 53.9 Å². The molecule has 0 atom stereocenters. The second-order valence-corrected chi connectivity index (χ2v) is 8.75. The van der Waals surface area contributed by atoms with E-state index in [1.807, 2.05) is 6.07 Å². The average molecular weight is 411 g/mol. The number of hydrogen-bond donors (Lipinski definition) is 0. The Morgan fingerprint density at radius 3 is 2.32 bits per heavy atom.